The maximum absolute atomic E-state index is 13.5. The van der Waals surface area contributed by atoms with Crippen molar-refractivity contribution in [3.8, 4) is 11.3 Å². The number of benzene rings is 1. The third kappa shape index (κ3) is 4.25. The zero-order chi connectivity index (χ0) is 25.4. The average Bonchev–Trinajstić information content (AvgIpc) is 3.60. The summed E-state index contributed by atoms with van der Waals surface area (Å²) in [5, 5.41) is 11.0. The van der Waals surface area contributed by atoms with Crippen molar-refractivity contribution in [2.24, 2.45) is 4.99 Å². The summed E-state index contributed by atoms with van der Waals surface area (Å²) in [5.41, 5.74) is 1.49. The van der Waals surface area contributed by atoms with E-state index < -0.39 is 18.0 Å². The lowest BCUT2D eigenvalue weighted by Gasteiger charge is -2.23. The van der Waals surface area contributed by atoms with Crippen LogP contribution >= 0.6 is 22.7 Å². The highest BCUT2D eigenvalue weighted by atomic mass is 32.1. The minimum atomic E-state index is -1.00. The van der Waals surface area contributed by atoms with Crippen LogP contribution in [-0.4, -0.2) is 28.2 Å². The fourth-order valence-electron chi connectivity index (χ4n) is 4.00. The number of carboxylic acid groups (broad SMARTS) is 1. The van der Waals surface area contributed by atoms with Crippen molar-refractivity contribution in [1.29, 1.82) is 0 Å². The highest BCUT2D eigenvalue weighted by Crippen LogP contribution is 2.33. The first kappa shape index (κ1) is 23.7. The summed E-state index contributed by atoms with van der Waals surface area (Å²) in [6.45, 7) is 3.71. The third-order valence-electron chi connectivity index (χ3n) is 5.65. The molecular formula is C26H20N2O6S2. The van der Waals surface area contributed by atoms with Gasteiger partial charge < -0.3 is 14.3 Å². The molecule has 36 heavy (non-hydrogen) atoms. The second kappa shape index (κ2) is 9.56. The maximum Gasteiger partial charge on any atom is 0.338 e. The molecule has 0 aliphatic carbocycles. The zero-order valence-electron chi connectivity index (χ0n) is 19.3. The molecule has 4 heterocycles. The Morgan fingerprint density at radius 3 is 2.64 bits per heavy atom. The second-order valence-electron chi connectivity index (χ2n) is 7.90. The quantitative estimate of drug-likeness (QED) is 0.387. The molecule has 5 rings (SSSR count). The Hall–Kier alpha value is -4.02. The molecule has 1 aliphatic heterocycles. The molecule has 0 fully saturated rings. The largest absolute Gasteiger partial charge is 0.478 e. The molecule has 0 radical (unpaired) electrons. The number of carboxylic acids is 1. The van der Waals surface area contributed by atoms with E-state index in [-0.39, 0.29) is 17.7 Å². The van der Waals surface area contributed by atoms with E-state index in [1.807, 2.05) is 17.5 Å². The van der Waals surface area contributed by atoms with E-state index in [1.54, 1.807) is 44.2 Å². The fraction of sp³-hybridized carbons (Fsp3) is 0.154. The molecular weight excluding hydrogens is 500 g/mol. The second-order valence-corrected chi connectivity index (χ2v) is 9.89. The Labute approximate surface area is 212 Å². The Bertz CT molecular complexity index is 1670. The molecule has 1 atom stereocenters. The monoisotopic (exact) mass is 520 g/mol. The third-order valence-corrected chi connectivity index (χ3v) is 7.55. The van der Waals surface area contributed by atoms with Crippen LogP contribution in [0.5, 0.6) is 0 Å². The smallest absolute Gasteiger partial charge is 0.338 e. The van der Waals surface area contributed by atoms with Crippen molar-refractivity contribution < 1.29 is 23.8 Å². The van der Waals surface area contributed by atoms with Crippen molar-refractivity contribution in [1.82, 2.24) is 4.57 Å². The van der Waals surface area contributed by atoms with E-state index in [0.29, 0.717) is 37.7 Å². The topological polar surface area (TPSA) is 111 Å². The standard InChI is InChI=1S/C26H20N2O6S2/c1-3-33-25(32)21-14(2)27-26-28(22(21)19-5-4-12-35-19)23(29)20(36-26)13-17-10-11-18(34-17)15-6-8-16(9-7-15)24(30)31/h4-13,22H,3H2,1-2H3,(H,30,31)/t22-/m0/s1. The summed E-state index contributed by atoms with van der Waals surface area (Å²) in [6, 6.07) is 13.0. The van der Waals surface area contributed by atoms with Crippen LogP contribution in [-0.2, 0) is 9.53 Å². The summed E-state index contributed by atoms with van der Waals surface area (Å²) in [5.74, 6) is -0.482. The number of hydrogen-bond donors (Lipinski definition) is 1. The van der Waals surface area contributed by atoms with Crippen molar-refractivity contribution in [2.45, 2.75) is 19.9 Å². The van der Waals surface area contributed by atoms with E-state index in [2.05, 4.69) is 4.99 Å². The molecule has 1 aromatic carbocycles. The van der Waals surface area contributed by atoms with Crippen LogP contribution in [0.15, 0.2) is 79.4 Å². The van der Waals surface area contributed by atoms with Crippen LogP contribution in [0.3, 0.4) is 0 Å². The lowest BCUT2D eigenvalue weighted by Crippen LogP contribution is -2.39. The van der Waals surface area contributed by atoms with Gasteiger partial charge in [-0.2, -0.15) is 0 Å². The van der Waals surface area contributed by atoms with Gasteiger partial charge in [0.1, 0.15) is 17.6 Å². The lowest BCUT2D eigenvalue weighted by molar-refractivity contribution is -0.139. The van der Waals surface area contributed by atoms with E-state index in [4.69, 9.17) is 14.3 Å². The number of thiophene rings is 1. The molecule has 1 aliphatic rings. The van der Waals surface area contributed by atoms with Crippen molar-refractivity contribution in [3.05, 3.63) is 101 Å². The molecule has 8 nitrogen and oxygen atoms in total. The number of hydrogen-bond acceptors (Lipinski definition) is 8. The Kier molecular flexibility index (Phi) is 6.29. The van der Waals surface area contributed by atoms with Crippen molar-refractivity contribution >= 4 is 40.7 Å². The summed E-state index contributed by atoms with van der Waals surface area (Å²) >= 11 is 2.68. The van der Waals surface area contributed by atoms with Crippen LogP contribution in [0.25, 0.3) is 17.4 Å². The van der Waals surface area contributed by atoms with Crippen LogP contribution in [0, 0.1) is 0 Å². The van der Waals surface area contributed by atoms with E-state index in [9.17, 15) is 14.4 Å². The first-order valence-electron chi connectivity index (χ1n) is 11.0. The number of allylic oxidation sites excluding steroid dienone is 1. The number of rotatable bonds is 6. The van der Waals surface area contributed by atoms with Crippen LogP contribution < -0.4 is 14.9 Å². The SMILES string of the molecule is CCOC(=O)C1=C(C)N=c2sc(=Cc3ccc(-c4ccc(C(=O)O)cc4)o3)c(=O)n2[C@H]1c1cccs1. The number of aromatic nitrogens is 1. The molecule has 10 heteroatoms. The average molecular weight is 521 g/mol. The predicted octanol–water partition coefficient (Wildman–Crippen LogP) is 3.82. The molecule has 0 spiro atoms. The Morgan fingerprint density at radius 2 is 1.97 bits per heavy atom. The Balaban J connectivity index is 1.57. The molecule has 0 amide bonds. The van der Waals surface area contributed by atoms with Gasteiger partial charge in [-0.25, -0.2) is 14.6 Å². The number of carbonyl (C=O) groups is 2. The zero-order valence-corrected chi connectivity index (χ0v) is 20.9. The molecule has 0 saturated carbocycles. The van der Waals surface area contributed by atoms with Gasteiger partial charge in [0.2, 0.25) is 0 Å². The minimum absolute atomic E-state index is 0.185. The van der Waals surface area contributed by atoms with Gasteiger partial charge in [0, 0.05) is 16.5 Å². The maximum atomic E-state index is 13.5. The number of aromatic carboxylic acids is 1. The number of nitrogens with zero attached hydrogens (tertiary/aromatic N) is 2. The first-order valence-corrected chi connectivity index (χ1v) is 12.7. The van der Waals surface area contributed by atoms with Crippen LogP contribution in [0.4, 0.5) is 0 Å². The van der Waals surface area contributed by atoms with Gasteiger partial charge in [0.05, 0.1) is 28.0 Å². The van der Waals surface area contributed by atoms with Gasteiger partial charge in [0.15, 0.2) is 4.80 Å². The lowest BCUT2D eigenvalue weighted by atomic mass is 10.0. The summed E-state index contributed by atoms with van der Waals surface area (Å²) in [6.07, 6.45) is 1.65. The number of fused-ring (bicyclic) bond motifs is 1. The fourth-order valence-corrected chi connectivity index (χ4v) is 5.85. The molecule has 0 saturated heterocycles. The van der Waals surface area contributed by atoms with Crippen molar-refractivity contribution in [3.63, 3.8) is 0 Å². The van der Waals surface area contributed by atoms with E-state index in [1.165, 1.54) is 39.4 Å². The van der Waals surface area contributed by atoms with Gasteiger partial charge in [-0.15, -0.1) is 11.3 Å². The molecule has 182 valence electrons. The van der Waals surface area contributed by atoms with Crippen molar-refractivity contribution in [2.75, 3.05) is 6.61 Å². The van der Waals surface area contributed by atoms with Gasteiger partial charge >= 0.3 is 11.9 Å². The number of esters is 1. The number of carbonyl (C=O) groups excluding carboxylic acids is 1. The van der Waals surface area contributed by atoms with Gasteiger partial charge in [0.25, 0.3) is 5.56 Å². The van der Waals surface area contributed by atoms with Gasteiger partial charge in [-0.05, 0) is 49.6 Å². The highest BCUT2D eigenvalue weighted by Gasteiger charge is 2.33. The number of furan rings is 1. The molecule has 0 unspecified atom stereocenters. The summed E-state index contributed by atoms with van der Waals surface area (Å²) in [4.78, 5) is 43.3. The number of thiazole rings is 1. The molecule has 0 bridgehead atoms. The number of ether oxygens (including phenoxy) is 1. The van der Waals surface area contributed by atoms with Crippen LogP contribution in [0.1, 0.15) is 40.9 Å². The van der Waals surface area contributed by atoms with Gasteiger partial charge in [-0.1, -0.05) is 29.5 Å². The molecule has 4 aromatic rings. The van der Waals surface area contributed by atoms with Gasteiger partial charge in [-0.3, -0.25) is 9.36 Å². The predicted molar refractivity (Wildman–Crippen MR) is 136 cm³/mol. The normalized spacial score (nSPS) is 15.5. The summed E-state index contributed by atoms with van der Waals surface area (Å²) in [7, 11) is 0. The van der Waals surface area contributed by atoms with E-state index in [0.717, 1.165) is 4.88 Å². The Morgan fingerprint density at radius 1 is 1.19 bits per heavy atom. The first-order chi connectivity index (χ1) is 17.4. The minimum Gasteiger partial charge on any atom is -0.478 e. The summed E-state index contributed by atoms with van der Waals surface area (Å²) < 4.78 is 13.1. The van der Waals surface area contributed by atoms with Crippen LogP contribution in [0.2, 0.25) is 0 Å². The molecule has 3 aromatic heterocycles. The highest BCUT2D eigenvalue weighted by molar-refractivity contribution is 7.10. The van der Waals surface area contributed by atoms with E-state index >= 15 is 0 Å². The molecule has 1 N–H and O–H groups in total.